The van der Waals surface area contributed by atoms with E-state index >= 15 is 0 Å². The number of hydrogen-bond donors (Lipinski definition) is 2. The van der Waals surface area contributed by atoms with Crippen LogP contribution in [0, 0.1) is 0 Å². The van der Waals surface area contributed by atoms with Gasteiger partial charge in [-0.2, -0.15) is 5.10 Å². The molecule has 4 rings (SSSR count). The maximum Gasteiger partial charge on any atom is 0.272 e. The van der Waals surface area contributed by atoms with Crippen molar-refractivity contribution in [1.29, 1.82) is 0 Å². The van der Waals surface area contributed by atoms with Crippen molar-refractivity contribution < 1.29 is 9.21 Å². The van der Waals surface area contributed by atoms with E-state index in [1.54, 1.807) is 6.26 Å². The summed E-state index contributed by atoms with van der Waals surface area (Å²) in [4.78, 5) is 12.5. The molecule has 5 heteroatoms. The topological polar surface area (TPSA) is 70.9 Å². The molecular weight excluding hydrogens is 314 g/mol. The number of aromatic amines is 1. The highest BCUT2D eigenvalue weighted by atomic mass is 16.3. The van der Waals surface area contributed by atoms with Crippen molar-refractivity contribution in [3.05, 3.63) is 77.0 Å². The molecule has 2 aromatic heterocycles. The number of nitrogens with zero attached hydrogens (tertiary/aromatic N) is 1. The van der Waals surface area contributed by atoms with Gasteiger partial charge in [-0.15, -0.1) is 0 Å². The highest BCUT2D eigenvalue weighted by Crippen LogP contribution is 2.28. The lowest BCUT2D eigenvalue weighted by Gasteiger charge is -2.15. The van der Waals surface area contributed by atoms with Gasteiger partial charge in [-0.25, -0.2) is 0 Å². The maximum atomic E-state index is 12.5. The highest BCUT2D eigenvalue weighted by Gasteiger charge is 2.23. The van der Waals surface area contributed by atoms with Gasteiger partial charge < -0.3 is 9.73 Å². The average Bonchev–Trinajstić information content (AvgIpc) is 3.36. The van der Waals surface area contributed by atoms with Gasteiger partial charge in [-0.1, -0.05) is 30.3 Å². The molecule has 0 saturated carbocycles. The molecule has 0 spiro atoms. The number of rotatable bonds is 6. The van der Waals surface area contributed by atoms with Crippen molar-refractivity contribution in [1.82, 2.24) is 15.5 Å². The second kappa shape index (κ2) is 6.97. The summed E-state index contributed by atoms with van der Waals surface area (Å²) in [6.45, 7) is 0.570. The molecule has 1 unspecified atom stereocenters. The van der Waals surface area contributed by atoms with Gasteiger partial charge in [-0.05, 0) is 43.4 Å². The number of fused-ring (bicyclic) bond motifs is 1. The number of hydrogen-bond acceptors (Lipinski definition) is 3. The summed E-state index contributed by atoms with van der Waals surface area (Å²) in [7, 11) is 0. The first-order valence-electron chi connectivity index (χ1n) is 8.75. The lowest BCUT2D eigenvalue weighted by molar-refractivity contribution is 0.0946. The number of aryl methyl sites for hydroxylation is 1. The monoisotopic (exact) mass is 335 g/mol. The van der Waals surface area contributed by atoms with Gasteiger partial charge in [0.1, 0.15) is 5.76 Å². The number of nitrogens with one attached hydrogen (secondary N) is 2. The molecule has 0 aliphatic heterocycles. The van der Waals surface area contributed by atoms with Crippen LogP contribution in [0.15, 0.2) is 53.1 Å². The summed E-state index contributed by atoms with van der Waals surface area (Å²) in [5, 5.41) is 10.2. The molecular formula is C20H21N3O2. The molecule has 128 valence electrons. The van der Waals surface area contributed by atoms with Gasteiger partial charge in [-0.3, -0.25) is 9.89 Å². The van der Waals surface area contributed by atoms with Gasteiger partial charge in [0.05, 0.1) is 6.26 Å². The molecule has 3 aromatic rings. The van der Waals surface area contributed by atoms with Crippen molar-refractivity contribution in [3.63, 3.8) is 0 Å². The third-order valence-electron chi connectivity index (χ3n) is 4.83. The summed E-state index contributed by atoms with van der Waals surface area (Å²) in [5.41, 5.74) is 3.94. The van der Waals surface area contributed by atoms with E-state index in [1.165, 1.54) is 5.56 Å². The molecule has 0 bridgehead atoms. The third-order valence-corrected chi connectivity index (χ3v) is 4.83. The Morgan fingerprint density at radius 2 is 2.08 bits per heavy atom. The van der Waals surface area contributed by atoms with E-state index in [4.69, 9.17) is 4.42 Å². The van der Waals surface area contributed by atoms with Crippen LogP contribution in [0.5, 0.6) is 0 Å². The molecule has 5 nitrogen and oxygen atoms in total. The Hall–Kier alpha value is -2.82. The summed E-state index contributed by atoms with van der Waals surface area (Å²) < 4.78 is 5.61. The molecule has 0 saturated heterocycles. The van der Waals surface area contributed by atoms with Crippen LogP contribution < -0.4 is 5.32 Å². The van der Waals surface area contributed by atoms with Gasteiger partial charge in [0.15, 0.2) is 5.69 Å². The smallest absolute Gasteiger partial charge is 0.272 e. The summed E-state index contributed by atoms with van der Waals surface area (Å²) in [6, 6.07) is 14.1. The molecule has 0 radical (unpaired) electrons. The first kappa shape index (κ1) is 15.7. The van der Waals surface area contributed by atoms with Crippen LogP contribution in [0.25, 0.3) is 0 Å². The SMILES string of the molecule is O=C(NCCC(c1ccccc1)c1ccco1)c1n[nH]c2c1CCC2. The van der Waals surface area contributed by atoms with E-state index in [-0.39, 0.29) is 11.8 Å². The van der Waals surface area contributed by atoms with Gasteiger partial charge >= 0.3 is 0 Å². The van der Waals surface area contributed by atoms with Crippen molar-refractivity contribution in [2.24, 2.45) is 0 Å². The summed E-state index contributed by atoms with van der Waals surface area (Å²) in [5.74, 6) is 0.952. The number of amides is 1. The Labute approximate surface area is 146 Å². The van der Waals surface area contributed by atoms with Crippen molar-refractivity contribution in [2.45, 2.75) is 31.6 Å². The second-order valence-corrected chi connectivity index (χ2v) is 6.41. The average molecular weight is 335 g/mol. The molecule has 2 N–H and O–H groups in total. The Balaban J connectivity index is 1.42. The summed E-state index contributed by atoms with van der Waals surface area (Å²) in [6.07, 6.45) is 5.49. The molecule has 1 aromatic carbocycles. The largest absolute Gasteiger partial charge is 0.469 e. The lowest BCUT2D eigenvalue weighted by atomic mass is 9.93. The van der Waals surface area contributed by atoms with Crippen molar-refractivity contribution in [2.75, 3.05) is 6.54 Å². The first-order chi connectivity index (χ1) is 12.3. The van der Waals surface area contributed by atoms with Crippen LogP contribution in [0.2, 0.25) is 0 Å². The minimum absolute atomic E-state index is 0.0920. The standard InChI is InChI=1S/C20H21N3O2/c24-20(19-16-8-4-9-17(16)22-23-19)21-12-11-15(18-10-5-13-25-18)14-6-2-1-3-7-14/h1-3,5-7,10,13,15H,4,8-9,11-12H2,(H,21,24)(H,22,23). The highest BCUT2D eigenvalue weighted by molar-refractivity contribution is 5.94. The molecule has 1 atom stereocenters. The Bertz CT molecular complexity index is 837. The molecule has 1 amide bonds. The maximum absolute atomic E-state index is 12.5. The van der Waals surface area contributed by atoms with Crippen molar-refractivity contribution >= 4 is 5.91 Å². The van der Waals surface area contributed by atoms with E-state index in [1.807, 2.05) is 30.3 Å². The second-order valence-electron chi connectivity index (χ2n) is 6.41. The number of furan rings is 1. The predicted octanol–water partition coefficient (Wildman–Crippen LogP) is 3.44. The molecule has 2 heterocycles. The number of carbonyl (C=O) groups is 1. The predicted molar refractivity (Wildman–Crippen MR) is 94.6 cm³/mol. The van der Waals surface area contributed by atoms with E-state index in [9.17, 15) is 4.79 Å². The number of benzene rings is 1. The molecule has 0 fully saturated rings. The first-order valence-corrected chi connectivity index (χ1v) is 8.75. The Morgan fingerprint density at radius 3 is 2.88 bits per heavy atom. The van der Waals surface area contributed by atoms with Gasteiger partial charge in [0.2, 0.25) is 0 Å². The fourth-order valence-electron chi connectivity index (χ4n) is 3.57. The number of aromatic nitrogens is 2. The van der Waals surface area contributed by atoms with Crippen LogP contribution in [0.4, 0.5) is 0 Å². The van der Waals surface area contributed by atoms with Gasteiger partial charge in [0, 0.05) is 23.7 Å². The van der Waals surface area contributed by atoms with E-state index in [0.717, 1.165) is 42.7 Å². The minimum atomic E-state index is -0.0920. The van der Waals surface area contributed by atoms with Crippen molar-refractivity contribution in [3.8, 4) is 0 Å². The molecule has 1 aliphatic carbocycles. The van der Waals surface area contributed by atoms with Crippen LogP contribution in [-0.2, 0) is 12.8 Å². The van der Waals surface area contributed by atoms with Crippen LogP contribution in [-0.4, -0.2) is 22.6 Å². The van der Waals surface area contributed by atoms with E-state index in [0.29, 0.717) is 12.2 Å². The zero-order valence-electron chi connectivity index (χ0n) is 14.0. The number of H-pyrrole nitrogens is 1. The molecule has 1 aliphatic rings. The zero-order valence-corrected chi connectivity index (χ0v) is 14.0. The fourth-order valence-corrected chi connectivity index (χ4v) is 3.57. The summed E-state index contributed by atoms with van der Waals surface area (Å²) >= 11 is 0. The lowest BCUT2D eigenvalue weighted by Crippen LogP contribution is -2.27. The van der Waals surface area contributed by atoms with E-state index < -0.39 is 0 Å². The molecule has 25 heavy (non-hydrogen) atoms. The Kier molecular flexibility index (Phi) is 4.37. The zero-order chi connectivity index (χ0) is 17.1. The van der Waals surface area contributed by atoms with Crippen LogP contribution >= 0.6 is 0 Å². The van der Waals surface area contributed by atoms with Crippen LogP contribution in [0.1, 0.15) is 51.8 Å². The van der Waals surface area contributed by atoms with Crippen LogP contribution in [0.3, 0.4) is 0 Å². The minimum Gasteiger partial charge on any atom is -0.469 e. The normalized spacial score (nSPS) is 14.2. The van der Waals surface area contributed by atoms with Gasteiger partial charge in [0.25, 0.3) is 5.91 Å². The third kappa shape index (κ3) is 3.22. The van der Waals surface area contributed by atoms with E-state index in [2.05, 4.69) is 27.6 Å². The fraction of sp³-hybridized carbons (Fsp3) is 0.300. The quantitative estimate of drug-likeness (QED) is 0.725. The number of carbonyl (C=O) groups excluding carboxylic acids is 1. The Morgan fingerprint density at radius 1 is 1.20 bits per heavy atom.